The van der Waals surface area contributed by atoms with Gasteiger partial charge >= 0.3 is 0 Å². The molecule has 2 aromatic rings. The predicted molar refractivity (Wildman–Crippen MR) is 106 cm³/mol. The van der Waals surface area contributed by atoms with Crippen molar-refractivity contribution in [2.75, 3.05) is 31.1 Å². The maximum atomic E-state index is 13.1. The number of sulfonamides is 1. The summed E-state index contributed by atoms with van der Waals surface area (Å²) in [6.07, 6.45) is 0.674. The summed E-state index contributed by atoms with van der Waals surface area (Å²) in [7, 11) is -3.48. The van der Waals surface area contributed by atoms with Crippen molar-refractivity contribution in [2.45, 2.75) is 18.2 Å². The Morgan fingerprint density at radius 1 is 1.08 bits per heavy atom. The Bertz CT molecular complexity index is 865. The van der Waals surface area contributed by atoms with Gasteiger partial charge in [0.05, 0.1) is 15.6 Å². The van der Waals surface area contributed by atoms with Crippen LogP contribution in [-0.4, -0.2) is 38.9 Å². The van der Waals surface area contributed by atoms with Crippen LogP contribution in [0.15, 0.2) is 51.8 Å². The summed E-state index contributed by atoms with van der Waals surface area (Å²) in [5.41, 5.74) is 1.79. The molecule has 0 unspecified atom stereocenters. The van der Waals surface area contributed by atoms with E-state index in [9.17, 15) is 8.42 Å². The molecule has 25 heavy (non-hydrogen) atoms. The lowest BCUT2D eigenvalue weighted by Gasteiger charge is -2.36. The first-order valence-corrected chi connectivity index (χ1v) is 10.8. The topological polar surface area (TPSA) is 40.6 Å². The molecule has 0 amide bonds. The van der Waals surface area contributed by atoms with Crippen LogP contribution in [0.3, 0.4) is 0 Å². The average molecular weight is 444 g/mol. The zero-order valence-corrected chi connectivity index (χ0v) is 17.1. The molecular formula is C18H20BrClN2O2S. The van der Waals surface area contributed by atoms with E-state index in [1.54, 1.807) is 16.4 Å². The fraction of sp³-hybridized carbons (Fsp3) is 0.333. The summed E-state index contributed by atoms with van der Waals surface area (Å²) in [4.78, 5) is 2.54. The zero-order chi connectivity index (χ0) is 18.0. The molecule has 7 heteroatoms. The van der Waals surface area contributed by atoms with Gasteiger partial charge in [0.2, 0.25) is 10.0 Å². The number of rotatable bonds is 4. The van der Waals surface area contributed by atoms with Gasteiger partial charge in [-0.15, -0.1) is 0 Å². The van der Waals surface area contributed by atoms with E-state index >= 15 is 0 Å². The number of para-hydroxylation sites is 1. The van der Waals surface area contributed by atoms with Crippen LogP contribution in [0.5, 0.6) is 0 Å². The van der Waals surface area contributed by atoms with Gasteiger partial charge in [-0.1, -0.05) is 46.6 Å². The van der Waals surface area contributed by atoms with E-state index in [4.69, 9.17) is 11.6 Å². The van der Waals surface area contributed by atoms with Crippen molar-refractivity contribution < 1.29 is 8.42 Å². The first-order chi connectivity index (χ1) is 11.9. The lowest BCUT2D eigenvalue weighted by atomic mass is 10.2. The maximum Gasteiger partial charge on any atom is 0.243 e. The van der Waals surface area contributed by atoms with Crippen LogP contribution in [0.4, 0.5) is 5.69 Å². The average Bonchev–Trinajstić information content (AvgIpc) is 2.62. The van der Waals surface area contributed by atoms with E-state index in [1.165, 1.54) is 0 Å². The van der Waals surface area contributed by atoms with E-state index in [0.29, 0.717) is 42.5 Å². The Morgan fingerprint density at radius 3 is 2.40 bits per heavy atom. The summed E-state index contributed by atoms with van der Waals surface area (Å²) >= 11 is 9.67. The van der Waals surface area contributed by atoms with Gasteiger partial charge in [-0.2, -0.15) is 4.31 Å². The Labute approximate surface area is 162 Å². The van der Waals surface area contributed by atoms with Gasteiger partial charge in [0, 0.05) is 30.7 Å². The van der Waals surface area contributed by atoms with Crippen LogP contribution in [0.1, 0.15) is 12.5 Å². The molecule has 2 aromatic carbocycles. The summed E-state index contributed by atoms with van der Waals surface area (Å²) in [6, 6.07) is 13.0. The van der Waals surface area contributed by atoms with Crippen LogP contribution >= 0.6 is 27.5 Å². The molecule has 1 aliphatic rings. The fourth-order valence-corrected chi connectivity index (χ4v) is 5.45. The molecule has 0 N–H and O–H groups in total. The highest BCUT2D eigenvalue weighted by atomic mass is 79.9. The lowest BCUT2D eigenvalue weighted by molar-refractivity contribution is 0.384. The minimum atomic E-state index is -3.48. The summed E-state index contributed by atoms with van der Waals surface area (Å²) < 4.78 is 28.6. The van der Waals surface area contributed by atoms with Crippen molar-refractivity contribution in [1.82, 2.24) is 4.31 Å². The van der Waals surface area contributed by atoms with Crippen molar-refractivity contribution in [3.63, 3.8) is 0 Å². The molecule has 0 radical (unpaired) electrons. The first kappa shape index (κ1) is 18.7. The second kappa shape index (κ2) is 7.66. The van der Waals surface area contributed by atoms with E-state index in [0.717, 1.165) is 15.7 Å². The number of hydrogen-bond donors (Lipinski definition) is 0. The molecule has 1 saturated heterocycles. The minimum Gasteiger partial charge on any atom is -0.368 e. The van der Waals surface area contributed by atoms with Crippen LogP contribution in [0, 0.1) is 0 Å². The second-order valence-corrected chi connectivity index (χ2v) is 9.18. The predicted octanol–water partition coefficient (Wildman–Crippen LogP) is 4.18. The quantitative estimate of drug-likeness (QED) is 0.712. The number of benzene rings is 2. The number of piperazine rings is 1. The number of nitrogens with zero attached hydrogens (tertiary/aromatic N) is 2. The Hall–Kier alpha value is -1.08. The highest BCUT2D eigenvalue weighted by Gasteiger charge is 2.30. The molecule has 4 nitrogen and oxygen atoms in total. The van der Waals surface area contributed by atoms with Crippen LogP contribution < -0.4 is 4.90 Å². The summed E-state index contributed by atoms with van der Waals surface area (Å²) in [6.45, 7) is 4.12. The molecule has 1 heterocycles. The summed E-state index contributed by atoms with van der Waals surface area (Å²) in [5, 5.41) is 0.694. The fourth-order valence-electron chi connectivity index (χ4n) is 3.09. The van der Waals surface area contributed by atoms with Gasteiger partial charge in [0.15, 0.2) is 0 Å². The monoisotopic (exact) mass is 442 g/mol. The van der Waals surface area contributed by atoms with E-state index < -0.39 is 10.0 Å². The Kier molecular flexibility index (Phi) is 5.73. The highest BCUT2D eigenvalue weighted by molar-refractivity contribution is 9.10. The molecule has 0 bridgehead atoms. The summed E-state index contributed by atoms with van der Waals surface area (Å²) in [5.74, 6) is 0. The van der Waals surface area contributed by atoms with Crippen LogP contribution in [0.25, 0.3) is 0 Å². The third-order valence-electron chi connectivity index (χ3n) is 4.45. The molecule has 0 spiro atoms. The van der Waals surface area contributed by atoms with Crippen molar-refractivity contribution in [2.24, 2.45) is 0 Å². The molecule has 0 saturated carbocycles. The molecule has 0 atom stereocenters. The molecule has 0 aromatic heterocycles. The number of aryl methyl sites for hydroxylation is 1. The third-order valence-corrected chi connectivity index (χ3v) is 7.26. The van der Waals surface area contributed by atoms with Crippen molar-refractivity contribution in [3.8, 4) is 0 Å². The maximum absolute atomic E-state index is 13.1. The highest BCUT2D eigenvalue weighted by Crippen LogP contribution is 2.29. The number of halogens is 2. The number of anilines is 1. The molecule has 1 aliphatic heterocycles. The van der Waals surface area contributed by atoms with Crippen molar-refractivity contribution >= 4 is 43.2 Å². The second-order valence-electron chi connectivity index (χ2n) is 5.95. The molecule has 3 rings (SSSR count). The first-order valence-electron chi connectivity index (χ1n) is 8.21. The van der Waals surface area contributed by atoms with Crippen LogP contribution in [-0.2, 0) is 16.4 Å². The normalized spacial score (nSPS) is 16.2. The number of hydrogen-bond acceptors (Lipinski definition) is 3. The van der Waals surface area contributed by atoms with Gasteiger partial charge in [-0.3, -0.25) is 0 Å². The third kappa shape index (κ3) is 3.87. The SMILES string of the molecule is CCc1cc(Br)ccc1S(=O)(=O)N1CCN(c2ccccc2Cl)CC1. The molecule has 1 fully saturated rings. The lowest BCUT2D eigenvalue weighted by Crippen LogP contribution is -2.48. The largest absolute Gasteiger partial charge is 0.368 e. The van der Waals surface area contributed by atoms with Crippen molar-refractivity contribution in [3.05, 3.63) is 57.5 Å². The van der Waals surface area contributed by atoms with Gasteiger partial charge in [-0.05, 0) is 42.3 Å². The van der Waals surface area contributed by atoms with E-state index in [-0.39, 0.29) is 0 Å². The van der Waals surface area contributed by atoms with Gasteiger partial charge < -0.3 is 4.90 Å². The van der Waals surface area contributed by atoms with E-state index in [1.807, 2.05) is 37.3 Å². The Morgan fingerprint density at radius 2 is 1.76 bits per heavy atom. The van der Waals surface area contributed by atoms with Gasteiger partial charge in [0.1, 0.15) is 0 Å². The molecular weight excluding hydrogens is 424 g/mol. The van der Waals surface area contributed by atoms with Crippen LogP contribution in [0.2, 0.25) is 5.02 Å². The van der Waals surface area contributed by atoms with Gasteiger partial charge in [0.25, 0.3) is 0 Å². The standard InChI is InChI=1S/C18H20BrClN2O2S/c1-2-14-13-15(19)7-8-18(14)25(23,24)22-11-9-21(10-12-22)17-6-4-3-5-16(17)20/h3-8,13H,2,9-12H2,1H3. The smallest absolute Gasteiger partial charge is 0.243 e. The minimum absolute atomic E-state index is 0.407. The molecule has 134 valence electrons. The Balaban J connectivity index is 1.79. The van der Waals surface area contributed by atoms with Crippen molar-refractivity contribution in [1.29, 1.82) is 0 Å². The van der Waals surface area contributed by atoms with Gasteiger partial charge in [-0.25, -0.2) is 8.42 Å². The molecule has 0 aliphatic carbocycles. The zero-order valence-electron chi connectivity index (χ0n) is 14.0. The van der Waals surface area contributed by atoms with E-state index in [2.05, 4.69) is 20.8 Å².